The smallest absolute Gasteiger partial charge is 0.0623 e. The van der Waals surface area contributed by atoms with Crippen molar-refractivity contribution in [2.75, 3.05) is 7.11 Å². The lowest BCUT2D eigenvalue weighted by Gasteiger charge is -2.32. The fourth-order valence-electron chi connectivity index (χ4n) is 2.66. The molecule has 0 aromatic heterocycles. The van der Waals surface area contributed by atoms with Gasteiger partial charge in [-0.2, -0.15) is 0 Å². The molecular formula is C14H28O2. The zero-order valence-electron chi connectivity index (χ0n) is 11.3. The maximum atomic E-state index is 10.2. The largest absolute Gasteiger partial charge is 0.393 e. The Morgan fingerprint density at radius 3 is 2.62 bits per heavy atom. The van der Waals surface area contributed by atoms with E-state index in [0.717, 1.165) is 18.8 Å². The third kappa shape index (κ3) is 4.42. The Bertz CT molecular complexity index is 201. The molecule has 1 aliphatic carbocycles. The van der Waals surface area contributed by atoms with Crippen LogP contribution in [0.25, 0.3) is 0 Å². The van der Waals surface area contributed by atoms with Crippen molar-refractivity contribution in [3.63, 3.8) is 0 Å². The second-order valence-corrected chi connectivity index (χ2v) is 6.10. The summed E-state index contributed by atoms with van der Waals surface area (Å²) in [6.07, 6.45) is 6.72. The monoisotopic (exact) mass is 228 g/mol. The minimum Gasteiger partial charge on any atom is -0.393 e. The number of hydrogen-bond acceptors (Lipinski definition) is 2. The first kappa shape index (κ1) is 14.0. The van der Waals surface area contributed by atoms with E-state index in [1.807, 2.05) is 0 Å². The van der Waals surface area contributed by atoms with Gasteiger partial charge < -0.3 is 9.84 Å². The number of hydrogen-bond donors (Lipinski definition) is 1. The van der Waals surface area contributed by atoms with Crippen molar-refractivity contribution in [3.8, 4) is 0 Å². The topological polar surface area (TPSA) is 29.5 Å². The third-order valence-corrected chi connectivity index (χ3v) is 4.12. The molecule has 0 aromatic carbocycles. The SMILES string of the molecule is COC(C)(C)CCC(O)C1CCCC(C)C1. The molecule has 0 heterocycles. The van der Waals surface area contributed by atoms with Crippen molar-refractivity contribution in [3.05, 3.63) is 0 Å². The first-order valence-corrected chi connectivity index (χ1v) is 6.68. The van der Waals surface area contributed by atoms with E-state index < -0.39 is 0 Å². The summed E-state index contributed by atoms with van der Waals surface area (Å²) in [7, 11) is 1.75. The maximum absolute atomic E-state index is 10.2. The fourth-order valence-corrected chi connectivity index (χ4v) is 2.66. The third-order valence-electron chi connectivity index (χ3n) is 4.12. The van der Waals surface area contributed by atoms with Crippen molar-refractivity contribution in [1.82, 2.24) is 0 Å². The van der Waals surface area contributed by atoms with E-state index in [0.29, 0.717) is 5.92 Å². The van der Waals surface area contributed by atoms with Gasteiger partial charge in [-0.15, -0.1) is 0 Å². The molecule has 0 amide bonds. The van der Waals surface area contributed by atoms with E-state index in [1.165, 1.54) is 25.7 Å². The van der Waals surface area contributed by atoms with E-state index >= 15 is 0 Å². The molecule has 1 aliphatic rings. The van der Waals surface area contributed by atoms with Crippen molar-refractivity contribution in [1.29, 1.82) is 0 Å². The average Bonchev–Trinajstić information content (AvgIpc) is 2.26. The summed E-state index contributed by atoms with van der Waals surface area (Å²) < 4.78 is 5.39. The summed E-state index contributed by atoms with van der Waals surface area (Å²) in [6.45, 7) is 6.48. The number of aliphatic hydroxyl groups excluding tert-OH is 1. The van der Waals surface area contributed by atoms with Gasteiger partial charge in [0.1, 0.15) is 0 Å². The first-order valence-electron chi connectivity index (χ1n) is 6.68. The molecule has 2 heteroatoms. The van der Waals surface area contributed by atoms with Crippen molar-refractivity contribution >= 4 is 0 Å². The Morgan fingerprint density at radius 2 is 2.06 bits per heavy atom. The molecule has 0 saturated heterocycles. The van der Waals surface area contributed by atoms with Gasteiger partial charge in [-0.3, -0.25) is 0 Å². The van der Waals surface area contributed by atoms with Crippen LogP contribution >= 0.6 is 0 Å². The number of rotatable bonds is 5. The van der Waals surface area contributed by atoms with Gasteiger partial charge in [0.25, 0.3) is 0 Å². The minimum atomic E-state index is -0.128. The number of aliphatic hydroxyl groups is 1. The summed E-state index contributed by atoms with van der Waals surface area (Å²) in [4.78, 5) is 0. The van der Waals surface area contributed by atoms with Crippen LogP contribution in [0, 0.1) is 11.8 Å². The zero-order chi connectivity index (χ0) is 12.2. The molecule has 1 saturated carbocycles. The van der Waals surface area contributed by atoms with Crippen LogP contribution in [0.3, 0.4) is 0 Å². The van der Waals surface area contributed by atoms with Crippen LogP contribution in [0.15, 0.2) is 0 Å². The Kier molecular flexibility index (Phi) is 5.26. The highest BCUT2D eigenvalue weighted by Gasteiger charge is 2.27. The van der Waals surface area contributed by atoms with E-state index in [2.05, 4.69) is 20.8 Å². The predicted octanol–water partition coefficient (Wildman–Crippen LogP) is 3.38. The molecule has 0 radical (unpaired) electrons. The Hall–Kier alpha value is -0.0800. The second-order valence-electron chi connectivity index (χ2n) is 6.10. The van der Waals surface area contributed by atoms with Crippen LogP contribution in [-0.2, 0) is 4.74 Å². The lowest BCUT2D eigenvalue weighted by Crippen LogP contribution is -2.30. The zero-order valence-corrected chi connectivity index (χ0v) is 11.3. The van der Waals surface area contributed by atoms with Crippen LogP contribution in [0.1, 0.15) is 59.3 Å². The molecular weight excluding hydrogens is 200 g/mol. The van der Waals surface area contributed by atoms with Crippen LogP contribution in [0.2, 0.25) is 0 Å². The maximum Gasteiger partial charge on any atom is 0.0623 e. The summed E-state index contributed by atoms with van der Waals surface area (Å²) in [5.41, 5.74) is -0.0960. The Labute approximate surface area is 100 Å². The Morgan fingerprint density at radius 1 is 1.38 bits per heavy atom. The molecule has 96 valence electrons. The molecule has 0 aliphatic heterocycles. The van der Waals surface area contributed by atoms with Gasteiger partial charge in [-0.05, 0) is 51.4 Å². The molecule has 1 N–H and O–H groups in total. The highest BCUT2D eigenvalue weighted by Crippen LogP contribution is 2.33. The van der Waals surface area contributed by atoms with Crippen molar-refractivity contribution in [2.24, 2.45) is 11.8 Å². The van der Waals surface area contributed by atoms with Gasteiger partial charge in [-0.25, -0.2) is 0 Å². The van der Waals surface area contributed by atoms with Crippen molar-refractivity contribution in [2.45, 2.75) is 71.0 Å². The molecule has 2 nitrogen and oxygen atoms in total. The number of methoxy groups -OCH3 is 1. The quantitative estimate of drug-likeness (QED) is 0.781. The minimum absolute atomic E-state index is 0.0960. The second kappa shape index (κ2) is 6.02. The molecule has 0 aromatic rings. The van der Waals surface area contributed by atoms with Gasteiger partial charge in [-0.1, -0.05) is 19.8 Å². The standard InChI is InChI=1S/C14H28O2/c1-11-6-5-7-12(10-11)13(15)8-9-14(2,3)16-4/h11-13,15H,5-10H2,1-4H3. The highest BCUT2D eigenvalue weighted by atomic mass is 16.5. The first-order chi connectivity index (χ1) is 7.44. The van der Waals surface area contributed by atoms with Crippen LogP contribution in [0.5, 0.6) is 0 Å². The summed E-state index contributed by atoms with van der Waals surface area (Å²) in [5.74, 6) is 1.32. The lowest BCUT2D eigenvalue weighted by atomic mass is 9.78. The predicted molar refractivity (Wildman–Crippen MR) is 67.5 cm³/mol. The molecule has 16 heavy (non-hydrogen) atoms. The van der Waals surface area contributed by atoms with E-state index in [-0.39, 0.29) is 11.7 Å². The summed E-state index contributed by atoms with van der Waals surface area (Å²) in [6, 6.07) is 0. The average molecular weight is 228 g/mol. The summed E-state index contributed by atoms with van der Waals surface area (Å²) >= 11 is 0. The molecule has 1 rings (SSSR count). The van der Waals surface area contributed by atoms with Gasteiger partial charge in [0.15, 0.2) is 0 Å². The molecule has 0 spiro atoms. The summed E-state index contributed by atoms with van der Waals surface area (Å²) in [5, 5.41) is 10.2. The van der Waals surface area contributed by atoms with Crippen LogP contribution < -0.4 is 0 Å². The molecule has 0 bridgehead atoms. The Balaban J connectivity index is 2.31. The van der Waals surface area contributed by atoms with E-state index in [1.54, 1.807) is 7.11 Å². The fraction of sp³-hybridized carbons (Fsp3) is 1.00. The van der Waals surface area contributed by atoms with E-state index in [9.17, 15) is 5.11 Å². The lowest BCUT2D eigenvalue weighted by molar-refractivity contribution is -0.00905. The van der Waals surface area contributed by atoms with Gasteiger partial charge in [0.2, 0.25) is 0 Å². The molecule has 3 atom stereocenters. The van der Waals surface area contributed by atoms with Crippen LogP contribution in [-0.4, -0.2) is 23.9 Å². The van der Waals surface area contributed by atoms with Crippen molar-refractivity contribution < 1.29 is 9.84 Å². The molecule has 1 fully saturated rings. The molecule has 3 unspecified atom stereocenters. The van der Waals surface area contributed by atoms with E-state index in [4.69, 9.17) is 4.74 Å². The van der Waals surface area contributed by atoms with Crippen LogP contribution in [0.4, 0.5) is 0 Å². The number of ether oxygens (including phenoxy) is 1. The van der Waals surface area contributed by atoms with Gasteiger partial charge in [0, 0.05) is 7.11 Å². The normalized spacial score (nSPS) is 29.1. The highest BCUT2D eigenvalue weighted by molar-refractivity contribution is 4.79. The van der Waals surface area contributed by atoms with Gasteiger partial charge >= 0.3 is 0 Å². The van der Waals surface area contributed by atoms with Gasteiger partial charge in [0.05, 0.1) is 11.7 Å².